The number of carbonyl (C=O) groups excluding carboxylic acids is 2. The number of hydrogen-bond donors (Lipinski definition) is 2. The number of amides is 2. The summed E-state index contributed by atoms with van der Waals surface area (Å²) in [6.45, 7) is 7.26. The van der Waals surface area contributed by atoms with Gasteiger partial charge in [0.15, 0.2) is 0 Å². The summed E-state index contributed by atoms with van der Waals surface area (Å²) in [6, 6.07) is 8.90. The lowest BCUT2D eigenvalue weighted by molar-refractivity contribution is -0.145. The van der Waals surface area contributed by atoms with Crippen molar-refractivity contribution in [3.63, 3.8) is 0 Å². The smallest absolute Gasteiger partial charge is 0.329 e. The number of carbonyl (C=O) groups is 3. The van der Waals surface area contributed by atoms with Gasteiger partial charge in [0.1, 0.15) is 23.0 Å². The van der Waals surface area contributed by atoms with Crippen molar-refractivity contribution in [2.75, 3.05) is 24.6 Å². The van der Waals surface area contributed by atoms with Gasteiger partial charge in [-0.05, 0) is 95.3 Å². The van der Waals surface area contributed by atoms with Gasteiger partial charge >= 0.3 is 5.97 Å². The molecule has 0 bridgehead atoms. The molecular weight excluding hydrogens is 552 g/mol. The Bertz CT molecular complexity index is 1460. The molecule has 1 aliphatic heterocycles. The molecule has 2 aromatic carbocycles. The van der Waals surface area contributed by atoms with Crippen LogP contribution in [-0.2, 0) is 29.8 Å². The molecule has 0 unspecified atom stereocenters. The third-order valence-corrected chi connectivity index (χ3v) is 9.00. The van der Waals surface area contributed by atoms with Crippen LogP contribution in [0.15, 0.2) is 41.3 Å². The molecule has 0 radical (unpaired) electrons. The van der Waals surface area contributed by atoms with Gasteiger partial charge in [-0.15, -0.1) is 0 Å². The summed E-state index contributed by atoms with van der Waals surface area (Å²) in [6.07, 6.45) is 0.945. The number of aliphatic carboxylic acids is 1. The second kappa shape index (κ2) is 11.3. The van der Waals surface area contributed by atoms with Crippen molar-refractivity contribution in [2.45, 2.75) is 75.3 Å². The number of sulfonamides is 1. The number of carboxylic acids is 1. The number of fused-ring (bicyclic) bond motifs is 2. The SMILES string of the molecule is CCOc1ccc2c(c1)C1(CCC(OCC(=O)O)CC1)C(=O)N2S(=O)(=O)c1ccc(C(=O)NC(C)(C)C)cc1OC. The molecule has 0 saturated heterocycles. The molecule has 0 atom stereocenters. The molecule has 2 aromatic rings. The van der Waals surface area contributed by atoms with Crippen molar-refractivity contribution >= 4 is 33.5 Å². The number of nitrogens with zero attached hydrogens (tertiary/aromatic N) is 1. The Morgan fingerprint density at radius 1 is 1.12 bits per heavy atom. The Balaban J connectivity index is 1.75. The molecule has 222 valence electrons. The average Bonchev–Trinajstić information content (AvgIpc) is 3.14. The molecule has 4 rings (SSSR count). The maximum absolute atomic E-state index is 14.2. The Labute approximate surface area is 239 Å². The molecule has 1 saturated carbocycles. The van der Waals surface area contributed by atoms with Crippen LogP contribution in [0.25, 0.3) is 0 Å². The van der Waals surface area contributed by atoms with E-state index in [2.05, 4.69) is 5.32 Å². The van der Waals surface area contributed by atoms with E-state index >= 15 is 0 Å². The van der Waals surface area contributed by atoms with Crippen LogP contribution >= 0.6 is 0 Å². The molecule has 1 fully saturated rings. The van der Waals surface area contributed by atoms with Crippen molar-refractivity contribution in [3.05, 3.63) is 47.5 Å². The summed E-state index contributed by atoms with van der Waals surface area (Å²) in [7, 11) is -3.18. The Hall–Kier alpha value is -3.64. The highest BCUT2D eigenvalue weighted by molar-refractivity contribution is 7.93. The van der Waals surface area contributed by atoms with Crippen LogP contribution in [0, 0.1) is 0 Å². The first kappa shape index (κ1) is 30.3. The van der Waals surface area contributed by atoms with Gasteiger partial charge in [0, 0.05) is 11.1 Å². The number of rotatable bonds is 9. The van der Waals surface area contributed by atoms with Crippen LogP contribution in [0.1, 0.15) is 69.3 Å². The number of anilines is 1. The highest BCUT2D eigenvalue weighted by Gasteiger charge is 2.56. The van der Waals surface area contributed by atoms with Gasteiger partial charge in [-0.25, -0.2) is 17.5 Å². The molecule has 11 nitrogen and oxygen atoms in total. The zero-order chi connectivity index (χ0) is 30.2. The van der Waals surface area contributed by atoms with Gasteiger partial charge in [0.05, 0.1) is 30.9 Å². The Morgan fingerprint density at radius 2 is 1.80 bits per heavy atom. The first-order valence-electron chi connectivity index (χ1n) is 13.4. The van der Waals surface area contributed by atoms with Crippen molar-refractivity contribution in [2.24, 2.45) is 0 Å². The average molecular weight is 589 g/mol. The molecule has 1 aliphatic carbocycles. The van der Waals surface area contributed by atoms with Crippen LogP contribution in [-0.4, -0.2) is 63.3 Å². The first-order chi connectivity index (χ1) is 19.2. The highest BCUT2D eigenvalue weighted by Crippen LogP contribution is 2.53. The predicted octanol–water partition coefficient (Wildman–Crippen LogP) is 3.64. The van der Waals surface area contributed by atoms with E-state index in [9.17, 15) is 22.8 Å². The number of hydrogen-bond acceptors (Lipinski definition) is 8. The second-order valence-electron chi connectivity index (χ2n) is 11.2. The highest BCUT2D eigenvalue weighted by atomic mass is 32.2. The van der Waals surface area contributed by atoms with Crippen molar-refractivity contribution < 1.29 is 42.1 Å². The van der Waals surface area contributed by atoms with E-state index in [-0.39, 0.29) is 40.8 Å². The quantitative estimate of drug-likeness (QED) is 0.448. The lowest BCUT2D eigenvalue weighted by Gasteiger charge is -2.36. The summed E-state index contributed by atoms with van der Waals surface area (Å²) in [5, 5.41) is 11.8. The topological polar surface area (TPSA) is 149 Å². The van der Waals surface area contributed by atoms with Crippen LogP contribution in [0.2, 0.25) is 0 Å². The lowest BCUT2D eigenvalue weighted by atomic mass is 9.69. The van der Waals surface area contributed by atoms with Crippen LogP contribution in [0.5, 0.6) is 11.5 Å². The monoisotopic (exact) mass is 588 g/mol. The fourth-order valence-corrected chi connectivity index (χ4v) is 7.09. The number of methoxy groups -OCH3 is 1. The zero-order valence-corrected chi connectivity index (χ0v) is 24.7. The van der Waals surface area contributed by atoms with E-state index in [4.69, 9.17) is 19.3 Å². The molecular formula is C29H36N2O9S. The normalized spacial score (nSPS) is 20.6. The van der Waals surface area contributed by atoms with Gasteiger partial charge in [-0.1, -0.05) is 0 Å². The number of carboxylic acid groups (broad SMARTS) is 1. The molecule has 1 heterocycles. The van der Waals surface area contributed by atoms with Gasteiger partial charge in [-0.2, -0.15) is 0 Å². The lowest BCUT2D eigenvalue weighted by Crippen LogP contribution is -2.46. The van der Waals surface area contributed by atoms with Gasteiger partial charge in [0.25, 0.3) is 21.8 Å². The second-order valence-corrected chi connectivity index (χ2v) is 13.0. The zero-order valence-electron chi connectivity index (χ0n) is 23.9. The third-order valence-electron chi connectivity index (χ3n) is 7.27. The predicted molar refractivity (Wildman–Crippen MR) is 150 cm³/mol. The minimum atomic E-state index is -4.48. The summed E-state index contributed by atoms with van der Waals surface area (Å²) in [5.74, 6) is -1.64. The van der Waals surface area contributed by atoms with E-state index < -0.39 is 45.4 Å². The maximum Gasteiger partial charge on any atom is 0.329 e. The maximum atomic E-state index is 14.2. The molecule has 12 heteroatoms. The number of nitrogens with one attached hydrogen (secondary N) is 1. The minimum Gasteiger partial charge on any atom is -0.495 e. The van der Waals surface area contributed by atoms with E-state index in [0.717, 1.165) is 4.31 Å². The van der Waals surface area contributed by atoms with Crippen LogP contribution in [0.4, 0.5) is 5.69 Å². The van der Waals surface area contributed by atoms with E-state index in [1.807, 2.05) is 27.7 Å². The van der Waals surface area contributed by atoms with Gasteiger partial charge in [-0.3, -0.25) is 9.59 Å². The van der Waals surface area contributed by atoms with E-state index in [0.29, 0.717) is 30.8 Å². The Morgan fingerprint density at radius 3 is 2.39 bits per heavy atom. The molecule has 2 N–H and O–H groups in total. The Kier molecular flexibility index (Phi) is 8.38. The van der Waals surface area contributed by atoms with Crippen molar-refractivity contribution in [1.29, 1.82) is 0 Å². The summed E-state index contributed by atoms with van der Waals surface area (Å²) < 4.78 is 45.7. The molecule has 41 heavy (non-hydrogen) atoms. The first-order valence-corrected chi connectivity index (χ1v) is 14.9. The van der Waals surface area contributed by atoms with Gasteiger partial charge in [0.2, 0.25) is 0 Å². The fraction of sp³-hybridized carbons (Fsp3) is 0.483. The standard InChI is InChI=1S/C29H36N2O9S/c1-6-39-20-8-9-22-21(16-20)29(13-11-19(12-14-29)40-17-25(32)33)27(35)31(22)41(36,37)24-10-7-18(15-23(24)38-5)26(34)30-28(2,3)4/h7-10,15-16,19H,6,11-14,17H2,1-5H3,(H,30,34)(H,32,33). The summed E-state index contributed by atoms with van der Waals surface area (Å²) >= 11 is 0. The molecule has 2 amide bonds. The minimum absolute atomic E-state index is 0.0708. The largest absolute Gasteiger partial charge is 0.495 e. The van der Waals surface area contributed by atoms with Gasteiger partial charge < -0.3 is 24.6 Å². The van der Waals surface area contributed by atoms with E-state index in [1.54, 1.807) is 18.2 Å². The molecule has 1 spiro atoms. The van der Waals surface area contributed by atoms with Crippen LogP contribution < -0.4 is 19.1 Å². The van der Waals surface area contributed by atoms with Crippen LogP contribution in [0.3, 0.4) is 0 Å². The third kappa shape index (κ3) is 5.89. The van der Waals surface area contributed by atoms with Crippen molar-refractivity contribution in [3.8, 4) is 11.5 Å². The van der Waals surface area contributed by atoms with Crippen molar-refractivity contribution in [1.82, 2.24) is 5.32 Å². The molecule has 0 aromatic heterocycles. The number of ether oxygens (including phenoxy) is 3. The van der Waals surface area contributed by atoms with E-state index in [1.165, 1.54) is 25.3 Å². The summed E-state index contributed by atoms with van der Waals surface area (Å²) in [5.41, 5.74) is -0.693. The fourth-order valence-electron chi connectivity index (χ4n) is 5.45. The summed E-state index contributed by atoms with van der Waals surface area (Å²) in [4.78, 5) is 37.6. The molecule has 2 aliphatic rings. The number of benzene rings is 2.